The average molecular weight is 297 g/mol. The van der Waals surface area contributed by atoms with E-state index < -0.39 is 0 Å². The van der Waals surface area contributed by atoms with Crippen LogP contribution < -0.4 is 5.32 Å². The van der Waals surface area contributed by atoms with Crippen LogP contribution in [-0.4, -0.2) is 12.5 Å². The monoisotopic (exact) mass is 297 g/mol. The number of benzene rings is 2. The lowest BCUT2D eigenvalue weighted by Crippen LogP contribution is -2.22. The number of hydrogen-bond acceptors (Lipinski definition) is 1. The molecule has 2 aromatic carbocycles. The van der Waals surface area contributed by atoms with Gasteiger partial charge in [-0.2, -0.15) is 0 Å². The summed E-state index contributed by atoms with van der Waals surface area (Å²) in [5.41, 5.74) is 2.75. The SMILES string of the molecule is CCCCCCc1ccc2cccc(CCNC(C)=O)c2c1. The van der Waals surface area contributed by atoms with Crippen molar-refractivity contribution in [2.45, 2.75) is 52.4 Å². The molecule has 2 nitrogen and oxygen atoms in total. The van der Waals surface area contributed by atoms with Crippen molar-refractivity contribution in [2.24, 2.45) is 0 Å². The third-order valence-corrected chi connectivity index (χ3v) is 4.12. The molecule has 1 N–H and O–H groups in total. The van der Waals surface area contributed by atoms with Gasteiger partial charge in [-0.05, 0) is 41.2 Å². The second-order valence-corrected chi connectivity index (χ2v) is 6.02. The van der Waals surface area contributed by atoms with Gasteiger partial charge in [-0.3, -0.25) is 4.79 Å². The van der Waals surface area contributed by atoms with Crippen LogP contribution in [0.25, 0.3) is 10.8 Å². The molecule has 2 rings (SSSR count). The summed E-state index contributed by atoms with van der Waals surface area (Å²) in [6.45, 7) is 4.52. The maximum atomic E-state index is 11.0. The molecule has 0 fully saturated rings. The largest absolute Gasteiger partial charge is 0.356 e. The van der Waals surface area contributed by atoms with Gasteiger partial charge in [0.25, 0.3) is 0 Å². The lowest BCUT2D eigenvalue weighted by molar-refractivity contribution is -0.118. The van der Waals surface area contributed by atoms with Crippen LogP contribution >= 0.6 is 0 Å². The number of fused-ring (bicyclic) bond motifs is 1. The molecule has 0 aliphatic heterocycles. The third-order valence-electron chi connectivity index (χ3n) is 4.12. The van der Waals surface area contributed by atoms with Crippen LogP contribution in [0, 0.1) is 0 Å². The summed E-state index contributed by atoms with van der Waals surface area (Å²) in [5.74, 6) is 0.0387. The summed E-state index contributed by atoms with van der Waals surface area (Å²) in [6.07, 6.45) is 7.25. The van der Waals surface area contributed by atoms with Crippen molar-refractivity contribution >= 4 is 16.7 Å². The number of aryl methyl sites for hydroxylation is 1. The second kappa shape index (κ2) is 8.57. The normalized spacial score (nSPS) is 10.8. The van der Waals surface area contributed by atoms with Gasteiger partial charge in [0.15, 0.2) is 0 Å². The van der Waals surface area contributed by atoms with E-state index in [2.05, 4.69) is 48.6 Å². The lowest BCUT2D eigenvalue weighted by Gasteiger charge is -2.09. The molecule has 0 atom stereocenters. The second-order valence-electron chi connectivity index (χ2n) is 6.02. The quantitative estimate of drug-likeness (QED) is 0.706. The van der Waals surface area contributed by atoms with Crippen molar-refractivity contribution in [1.82, 2.24) is 5.32 Å². The fourth-order valence-corrected chi connectivity index (χ4v) is 2.89. The first-order valence-corrected chi connectivity index (χ1v) is 8.45. The predicted molar refractivity (Wildman–Crippen MR) is 94.2 cm³/mol. The average Bonchev–Trinajstić information content (AvgIpc) is 2.51. The number of carbonyl (C=O) groups excluding carboxylic acids is 1. The summed E-state index contributed by atoms with van der Waals surface area (Å²) in [7, 11) is 0. The van der Waals surface area contributed by atoms with Crippen LogP contribution in [0.15, 0.2) is 36.4 Å². The number of unbranched alkanes of at least 4 members (excludes halogenated alkanes) is 3. The zero-order valence-corrected chi connectivity index (χ0v) is 13.8. The smallest absolute Gasteiger partial charge is 0.216 e. The molecule has 0 radical (unpaired) electrons. The Morgan fingerprint density at radius 2 is 1.91 bits per heavy atom. The molecule has 0 bridgehead atoms. The molecule has 0 heterocycles. The van der Waals surface area contributed by atoms with Gasteiger partial charge in [0.1, 0.15) is 0 Å². The maximum absolute atomic E-state index is 11.0. The zero-order chi connectivity index (χ0) is 15.8. The minimum absolute atomic E-state index is 0.0387. The number of hydrogen-bond donors (Lipinski definition) is 1. The molecule has 0 saturated carbocycles. The molecule has 0 aromatic heterocycles. The Bertz CT molecular complexity index is 618. The van der Waals surface area contributed by atoms with Gasteiger partial charge in [-0.25, -0.2) is 0 Å². The number of rotatable bonds is 8. The van der Waals surface area contributed by atoms with E-state index in [-0.39, 0.29) is 5.91 Å². The Morgan fingerprint density at radius 1 is 1.05 bits per heavy atom. The van der Waals surface area contributed by atoms with E-state index in [4.69, 9.17) is 0 Å². The topological polar surface area (TPSA) is 29.1 Å². The van der Waals surface area contributed by atoms with E-state index in [1.54, 1.807) is 6.92 Å². The van der Waals surface area contributed by atoms with E-state index in [1.807, 2.05) is 0 Å². The highest BCUT2D eigenvalue weighted by molar-refractivity contribution is 5.86. The van der Waals surface area contributed by atoms with Crippen LogP contribution in [-0.2, 0) is 17.6 Å². The van der Waals surface area contributed by atoms with Crippen LogP contribution in [0.2, 0.25) is 0 Å². The van der Waals surface area contributed by atoms with Crippen molar-refractivity contribution < 1.29 is 4.79 Å². The van der Waals surface area contributed by atoms with E-state index in [0.29, 0.717) is 6.54 Å². The molecule has 0 spiro atoms. The maximum Gasteiger partial charge on any atom is 0.216 e. The van der Waals surface area contributed by atoms with Crippen molar-refractivity contribution in [3.8, 4) is 0 Å². The van der Waals surface area contributed by atoms with E-state index in [1.165, 1.54) is 47.6 Å². The fraction of sp³-hybridized carbons (Fsp3) is 0.450. The standard InChI is InChI=1S/C20H27NO/c1-3-4-5-6-8-17-11-12-18-9-7-10-19(20(18)15-17)13-14-21-16(2)22/h7,9-12,15H,3-6,8,13-14H2,1-2H3,(H,21,22). The van der Waals surface area contributed by atoms with Gasteiger partial charge < -0.3 is 5.32 Å². The molecule has 2 aromatic rings. The van der Waals surface area contributed by atoms with Gasteiger partial charge in [-0.15, -0.1) is 0 Å². The fourth-order valence-electron chi connectivity index (χ4n) is 2.89. The van der Waals surface area contributed by atoms with Gasteiger partial charge in [0.2, 0.25) is 5.91 Å². The lowest BCUT2D eigenvalue weighted by atomic mass is 9.97. The number of amides is 1. The van der Waals surface area contributed by atoms with Gasteiger partial charge in [-0.1, -0.05) is 62.6 Å². The highest BCUT2D eigenvalue weighted by Crippen LogP contribution is 2.22. The Morgan fingerprint density at radius 3 is 2.68 bits per heavy atom. The van der Waals surface area contributed by atoms with Crippen LogP contribution in [0.1, 0.15) is 50.7 Å². The Kier molecular flexibility index (Phi) is 6.45. The first-order valence-electron chi connectivity index (χ1n) is 8.45. The predicted octanol–water partition coefficient (Wildman–Crippen LogP) is 4.64. The molecule has 118 valence electrons. The van der Waals surface area contributed by atoms with Crippen LogP contribution in [0.3, 0.4) is 0 Å². The highest BCUT2D eigenvalue weighted by atomic mass is 16.1. The molecule has 1 amide bonds. The first kappa shape index (κ1) is 16.5. The third kappa shape index (κ3) is 4.87. The summed E-state index contributed by atoms with van der Waals surface area (Å²) in [5, 5.41) is 5.51. The summed E-state index contributed by atoms with van der Waals surface area (Å²) in [4.78, 5) is 11.0. The number of nitrogens with one attached hydrogen (secondary N) is 1. The van der Waals surface area contributed by atoms with E-state index in [9.17, 15) is 4.79 Å². The minimum atomic E-state index is 0.0387. The molecule has 22 heavy (non-hydrogen) atoms. The Balaban J connectivity index is 2.09. The summed E-state index contributed by atoms with van der Waals surface area (Å²) >= 11 is 0. The van der Waals surface area contributed by atoms with Gasteiger partial charge in [0, 0.05) is 13.5 Å². The van der Waals surface area contributed by atoms with Crippen molar-refractivity contribution in [1.29, 1.82) is 0 Å². The number of carbonyl (C=O) groups is 1. The Hall–Kier alpha value is -1.83. The summed E-state index contributed by atoms with van der Waals surface area (Å²) in [6, 6.07) is 13.3. The van der Waals surface area contributed by atoms with Crippen molar-refractivity contribution in [3.63, 3.8) is 0 Å². The van der Waals surface area contributed by atoms with E-state index in [0.717, 1.165) is 12.8 Å². The van der Waals surface area contributed by atoms with Crippen molar-refractivity contribution in [2.75, 3.05) is 6.54 Å². The minimum Gasteiger partial charge on any atom is -0.356 e. The molecule has 0 unspecified atom stereocenters. The molecular weight excluding hydrogens is 270 g/mol. The Labute approximate surface area is 133 Å². The molecule has 0 aliphatic rings. The molecule has 0 aliphatic carbocycles. The van der Waals surface area contributed by atoms with E-state index >= 15 is 0 Å². The molecule has 0 saturated heterocycles. The molecular formula is C20H27NO. The highest BCUT2D eigenvalue weighted by Gasteiger charge is 2.03. The van der Waals surface area contributed by atoms with Gasteiger partial charge >= 0.3 is 0 Å². The zero-order valence-electron chi connectivity index (χ0n) is 13.8. The van der Waals surface area contributed by atoms with Crippen LogP contribution in [0.4, 0.5) is 0 Å². The van der Waals surface area contributed by atoms with Gasteiger partial charge in [0.05, 0.1) is 0 Å². The molecule has 2 heteroatoms. The first-order chi connectivity index (χ1) is 10.7. The van der Waals surface area contributed by atoms with Crippen molar-refractivity contribution in [3.05, 3.63) is 47.5 Å². The van der Waals surface area contributed by atoms with Crippen LogP contribution in [0.5, 0.6) is 0 Å². The summed E-state index contributed by atoms with van der Waals surface area (Å²) < 4.78 is 0.